The van der Waals surface area contributed by atoms with Crippen LogP contribution in [-0.2, 0) is 6.54 Å². The van der Waals surface area contributed by atoms with Gasteiger partial charge in [-0.1, -0.05) is 23.3 Å². The average molecular weight is 216 g/mol. The minimum absolute atomic E-state index is 0.974. The van der Waals surface area contributed by atoms with Crippen molar-refractivity contribution in [3.8, 4) is 0 Å². The van der Waals surface area contributed by atoms with Gasteiger partial charge in [-0.15, -0.1) is 0 Å². The quantitative estimate of drug-likeness (QED) is 0.522. The maximum absolute atomic E-state index is 2.30. The third-order valence-corrected chi connectivity index (χ3v) is 2.52. The van der Waals surface area contributed by atoms with E-state index in [4.69, 9.17) is 0 Å². The van der Waals surface area contributed by atoms with Crippen molar-refractivity contribution in [1.82, 2.24) is 0 Å². The summed E-state index contributed by atoms with van der Waals surface area (Å²) in [6.45, 7) is 7.49. The first kappa shape index (κ1) is 12.7. The Bertz CT molecular complexity index is 356. The molecular formula is C15H22N+. The Balaban J connectivity index is 2.37. The molecule has 1 rings (SSSR count). The van der Waals surface area contributed by atoms with Crippen molar-refractivity contribution in [2.75, 3.05) is 0 Å². The van der Waals surface area contributed by atoms with Crippen LogP contribution in [0.15, 0.2) is 53.9 Å². The highest BCUT2D eigenvalue weighted by Gasteiger charge is 1.95. The van der Waals surface area contributed by atoms with Gasteiger partial charge in [0.15, 0.2) is 18.9 Å². The predicted molar refractivity (Wildman–Crippen MR) is 69.1 cm³/mol. The van der Waals surface area contributed by atoms with Gasteiger partial charge in [-0.05, 0) is 39.7 Å². The lowest BCUT2D eigenvalue weighted by Crippen LogP contribution is -2.31. The van der Waals surface area contributed by atoms with Gasteiger partial charge < -0.3 is 0 Å². The molecule has 0 amide bonds. The van der Waals surface area contributed by atoms with E-state index in [1.165, 1.54) is 17.6 Å². The van der Waals surface area contributed by atoms with E-state index in [0.717, 1.165) is 13.0 Å². The Morgan fingerprint density at radius 3 is 2.31 bits per heavy atom. The van der Waals surface area contributed by atoms with E-state index in [1.54, 1.807) is 0 Å². The third kappa shape index (κ3) is 5.50. The second kappa shape index (κ2) is 7.00. The van der Waals surface area contributed by atoms with E-state index in [9.17, 15) is 0 Å². The molecule has 86 valence electrons. The van der Waals surface area contributed by atoms with Crippen LogP contribution >= 0.6 is 0 Å². The molecule has 0 radical (unpaired) electrons. The van der Waals surface area contributed by atoms with Crippen LogP contribution in [0.2, 0.25) is 0 Å². The zero-order valence-electron chi connectivity index (χ0n) is 10.6. The third-order valence-electron chi connectivity index (χ3n) is 2.52. The van der Waals surface area contributed by atoms with Gasteiger partial charge in [-0.2, -0.15) is 0 Å². The van der Waals surface area contributed by atoms with E-state index in [0.29, 0.717) is 0 Å². The van der Waals surface area contributed by atoms with Crippen LogP contribution in [0.5, 0.6) is 0 Å². The van der Waals surface area contributed by atoms with Crippen molar-refractivity contribution in [3.63, 3.8) is 0 Å². The zero-order chi connectivity index (χ0) is 11.8. The molecule has 0 aliphatic heterocycles. The van der Waals surface area contributed by atoms with Crippen LogP contribution in [-0.4, -0.2) is 0 Å². The first-order valence-corrected chi connectivity index (χ1v) is 5.91. The summed E-state index contributed by atoms with van der Waals surface area (Å²) in [4.78, 5) is 0. The molecule has 0 saturated heterocycles. The molecule has 0 N–H and O–H groups in total. The molecule has 0 aliphatic carbocycles. The van der Waals surface area contributed by atoms with Gasteiger partial charge in [0.1, 0.15) is 0 Å². The van der Waals surface area contributed by atoms with Crippen molar-refractivity contribution in [2.24, 2.45) is 0 Å². The minimum atomic E-state index is 0.974. The second-order valence-electron chi connectivity index (χ2n) is 4.44. The molecule has 0 saturated carbocycles. The monoisotopic (exact) mass is 216 g/mol. The lowest BCUT2D eigenvalue weighted by Gasteiger charge is -1.97. The molecule has 16 heavy (non-hydrogen) atoms. The minimum Gasteiger partial charge on any atom is -0.201 e. The van der Waals surface area contributed by atoms with Gasteiger partial charge in [0.25, 0.3) is 0 Å². The summed E-state index contributed by atoms with van der Waals surface area (Å²) in [5.74, 6) is 0. The number of allylic oxidation sites excluding steroid dienone is 4. The van der Waals surface area contributed by atoms with E-state index in [2.05, 4.69) is 62.0 Å². The molecule has 0 fully saturated rings. The largest absolute Gasteiger partial charge is 0.201 e. The van der Waals surface area contributed by atoms with E-state index in [-0.39, 0.29) is 0 Å². The topological polar surface area (TPSA) is 3.88 Å². The van der Waals surface area contributed by atoms with Gasteiger partial charge in [0.2, 0.25) is 0 Å². The number of pyridine rings is 1. The van der Waals surface area contributed by atoms with Crippen LogP contribution in [0.4, 0.5) is 0 Å². The highest BCUT2D eigenvalue weighted by Crippen LogP contribution is 2.06. The highest BCUT2D eigenvalue weighted by molar-refractivity contribution is 5.01. The summed E-state index contributed by atoms with van der Waals surface area (Å²) in [6, 6.07) is 6.17. The number of hydrogen-bond acceptors (Lipinski definition) is 0. The zero-order valence-corrected chi connectivity index (χ0v) is 10.6. The van der Waals surface area contributed by atoms with Crippen molar-refractivity contribution in [2.45, 2.75) is 40.2 Å². The highest BCUT2D eigenvalue weighted by atomic mass is 14.9. The summed E-state index contributed by atoms with van der Waals surface area (Å²) in [6.07, 6.45) is 11.1. The lowest BCUT2D eigenvalue weighted by atomic mass is 10.1. The number of nitrogens with zero attached hydrogens (tertiary/aromatic N) is 1. The first-order valence-electron chi connectivity index (χ1n) is 5.91. The van der Waals surface area contributed by atoms with Gasteiger partial charge in [-0.3, -0.25) is 0 Å². The fourth-order valence-electron chi connectivity index (χ4n) is 1.51. The Hall–Kier alpha value is -1.37. The molecule has 0 aromatic carbocycles. The van der Waals surface area contributed by atoms with Crippen LogP contribution in [0.25, 0.3) is 0 Å². The fourth-order valence-corrected chi connectivity index (χ4v) is 1.51. The maximum Gasteiger partial charge on any atom is 0.169 e. The summed E-state index contributed by atoms with van der Waals surface area (Å²) in [7, 11) is 0. The van der Waals surface area contributed by atoms with Crippen LogP contribution in [0.1, 0.15) is 33.6 Å². The Kier molecular flexibility index (Phi) is 5.55. The van der Waals surface area contributed by atoms with E-state index in [1.807, 2.05) is 6.07 Å². The molecule has 0 atom stereocenters. The SMILES string of the molecule is CC(C)=CCC/C(C)=C/C[n+]1ccccc1. The molecule has 1 nitrogen and oxygen atoms in total. The van der Waals surface area contributed by atoms with Crippen LogP contribution in [0, 0.1) is 0 Å². The van der Waals surface area contributed by atoms with Crippen LogP contribution < -0.4 is 4.57 Å². The Morgan fingerprint density at radius 2 is 1.69 bits per heavy atom. The molecular weight excluding hydrogens is 194 g/mol. The number of hydrogen-bond donors (Lipinski definition) is 0. The first-order chi connectivity index (χ1) is 7.68. The summed E-state index contributed by atoms with van der Waals surface area (Å²) in [5, 5.41) is 0. The molecule has 1 aromatic heterocycles. The van der Waals surface area contributed by atoms with E-state index >= 15 is 0 Å². The normalized spacial score (nSPS) is 11.3. The van der Waals surface area contributed by atoms with Gasteiger partial charge >= 0.3 is 0 Å². The summed E-state index contributed by atoms with van der Waals surface area (Å²) in [5.41, 5.74) is 2.87. The van der Waals surface area contributed by atoms with Gasteiger partial charge in [0, 0.05) is 12.1 Å². The predicted octanol–water partition coefficient (Wildman–Crippen LogP) is 3.67. The van der Waals surface area contributed by atoms with Gasteiger partial charge in [-0.25, -0.2) is 4.57 Å². The summed E-state index contributed by atoms with van der Waals surface area (Å²) >= 11 is 0. The standard InChI is InChI=1S/C15H22N/c1-14(2)8-7-9-15(3)10-13-16-11-5-4-6-12-16/h4-6,8,10-12H,7,9,13H2,1-3H3/q+1/b15-10+. The Labute approximate surface area is 99.1 Å². The maximum atomic E-state index is 2.30. The van der Waals surface area contributed by atoms with E-state index < -0.39 is 0 Å². The molecule has 0 bridgehead atoms. The number of rotatable bonds is 5. The smallest absolute Gasteiger partial charge is 0.169 e. The molecule has 0 spiro atoms. The molecule has 0 aliphatic rings. The second-order valence-corrected chi connectivity index (χ2v) is 4.44. The van der Waals surface area contributed by atoms with Crippen molar-refractivity contribution >= 4 is 0 Å². The van der Waals surface area contributed by atoms with Gasteiger partial charge in [0.05, 0.1) is 0 Å². The molecule has 1 heteroatoms. The summed E-state index contributed by atoms with van der Waals surface area (Å²) < 4.78 is 2.18. The fraction of sp³-hybridized carbons (Fsp3) is 0.400. The van der Waals surface area contributed by atoms with Crippen LogP contribution in [0.3, 0.4) is 0 Å². The van der Waals surface area contributed by atoms with Crippen molar-refractivity contribution in [1.29, 1.82) is 0 Å². The average Bonchev–Trinajstić information content (AvgIpc) is 2.27. The molecule has 1 aromatic rings. The number of aromatic nitrogens is 1. The molecule has 0 unspecified atom stereocenters. The molecule has 1 heterocycles. The van der Waals surface area contributed by atoms with Crippen molar-refractivity contribution in [3.05, 3.63) is 53.9 Å². The Morgan fingerprint density at radius 1 is 1.00 bits per heavy atom. The van der Waals surface area contributed by atoms with Crippen molar-refractivity contribution < 1.29 is 4.57 Å². The lowest BCUT2D eigenvalue weighted by molar-refractivity contribution is -0.687.